The van der Waals surface area contributed by atoms with Crippen LogP contribution < -0.4 is 28.7 Å². The van der Waals surface area contributed by atoms with Gasteiger partial charge in [0.2, 0.25) is 0 Å². The molecule has 0 saturated heterocycles. The van der Waals surface area contributed by atoms with Gasteiger partial charge in [0.1, 0.15) is 17.3 Å². The molecule has 0 heterocycles. The predicted molar refractivity (Wildman–Crippen MR) is 143 cm³/mol. The molecule has 0 amide bonds. The first-order chi connectivity index (χ1) is 17.5. The molecule has 2 bridgehead atoms. The second-order valence-electron chi connectivity index (χ2n) is 13.4. The molecule has 9 nitrogen and oxygen atoms in total. The Hall–Kier alpha value is -1.95. The Morgan fingerprint density at radius 3 is 2.38 bits per heavy atom. The molecule has 1 aromatic carbocycles. The zero-order valence-corrected chi connectivity index (χ0v) is 26.6. The van der Waals surface area contributed by atoms with Crippen molar-refractivity contribution in [3.8, 4) is 11.5 Å². The third-order valence-electron chi connectivity index (χ3n) is 8.63. The third-order valence-corrected chi connectivity index (χ3v) is 8.63. The first-order valence-electron chi connectivity index (χ1n) is 13.7. The molecule has 0 aromatic heterocycles. The summed E-state index contributed by atoms with van der Waals surface area (Å²) < 4.78 is 6.37. The van der Waals surface area contributed by atoms with Crippen molar-refractivity contribution in [1.29, 1.82) is 0 Å². The summed E-state index contributed by atoms with van der Waals surface area (Å²) >= 11 is 0. The van der Waals surface area contributed by atoms with Crippen molar-refractivity contribution >= 4 is 11.8 Å². The molecule has 3 fully saturated rings. The minimum absolute atomic E-state index is 0. The maximum absolute atomic E-state index is 12.9. The number of phenols is 1. The SMILES string of the molecule is CC(C)(CCCCCCO[N+](=O)[O-])c1cc(O)c([C@H]2CC(=O)[C@@H]3C[C@H]2C3(C)C)c(OC(=O)C[N+](C)(C)C)c1.[I-]. The van der Waals surface area contributed by atoms with Crippen LogP contribution in [0.2, 0.25) is 0 Å². The number of hydrogen-bond acceptors (Lipinski definition) is 7. The first kappa shape index (κ1) is 33.3. The van der Waals surface area contributed by atoms with Crippen molar-refractivity contribution in [2.24, 2.45) is 17.3 Å². The van der Waals surface area contributed by atoms with Gasteiger partial charge in [-0.15, -0.1) is 10.1 Å². The number of Topliss-reactive ketones (excluding diaryl/α,β-unsaturated/α-hetero) is 1. The summed E-state index contributed by atoms with van der Waals surface area (Å²) in [4.78, 5) is 40.5. The summed E-state index contributed by atoms with van der Waals surface area (Å²) in [5.74, 6) is 0.413. The lowest BCUT2D eigenvalue weighted by Crippen LogP contribution is -3.00. The summed E-state index contributed by atoms with van der Waals surface area (Å²) in [6.45, 7) is 8.72. The van der Waals surface area contributed by atoms with Crippen molar-refractivity contribution in [3.05, 3.63) is 33.4 Å². The van der Waals surface area contributed by atoms with E-state index in [1.807, 2.05) is 27.2 Å². The molecule has 1 aromatic rings. The Balaban J connectivity index is 0.00000533. The number of carbonyl (C=O) groups excluding carboxylic acids is 2. The maximum atomic E-state index is 12.9. The van der Waals surface area contributed by atoms with Crippen LogP contribution in [0.15, 0.2) is 12.1 Å². The summed E-state index contributed by atoms with van der Waals surface area (Å²) in [6.07, 6.45) is 5.25. The standard InChI is InChI=1S/C29H44N2O7.HI/c1-28(2,12-10-8-9-11-13-37-30(35)36)19-14-24(33)27(25(15-19)38-26(34)18-31(5,6)7)20-16-23(32)22-17-21(20)29(22,3)4;/h14-15,20-22H,8-13,16-18H2,1-7H3;1H/t20-,21+,22-;/m0./s1. The fourth-order valence-electron chi connectivity index (χ4n) is 6.30. The molecule has 220 valence electrons. The van der Waals surface area contributed by atoms with Crippen molar-refractivity contribution < 1.29 is 57.8 Å². The van der Waals surface area contributed by atoms with Crippen molar-refractivity contribution in [3.63, 3.8) is 0 Å². The highest BCUT2D eigenvalue weighted by atomic mass is 127. The van der Waals surface area contributed by atoms with Crippen molar-refractivity contribution in [2.45, 2.75) is 84.0 Å². The Morgan fingerprint density at radius 1 is 1.18 bits per heavy atom. The van der Waals surface area contributed by atoms with Gasteiger partial charge in [-0.1, -0.05) is 47.0 Å². The minimum Gasteiger partial charge on any atom is -1.00 e. The van der Waals surface area contributed by atoms with Gasteiger partial charge in [-0.25, -0.2) is 4.79 Å². The van der Waals surface area contributed by atoms with Gasteiger partial charge in [0.05, 0.1) is 27.7 Å². The van der Waals surface area contributed by atoms with E-state index in [9.17, 15) is 24.8 Å². The van der Waals surface area contributed by atoms with Crippen LogP contribution in [-0.4, -0.2) is 60.7 Å². The number of phenolic OH excluding ortho intramolecular Hbond substituents is 1. The normalized spacial score (nSPS) is 21.9. The number of benzene rings is 1. The highest BCUT2D eigenvalue weighted by Gasteiger charge is 2.59. The van der Waals surface area contributed by atoms with Crippen LogP contribution in [0.25, 0.3) is 0 Å². The monoisotopic (exact) mass is 660 g/mol. The van der Waals surface area contributed by atoms with E-state index < -0.39 is 5.09 Å². The number of ketones is 1. The molecule has 0 spiro atoms. The number of quaternary nitrogens is 1. The number of likely N-dealkylation sites (N-methyl/N-ethyl adjacent to an activating group) is 1. The number of carbonyl (C=O) groups is 2. The molecule has 3 saturated carbocycles. The van der Waals surface area contributed by atoms with Crippen LogP contribution in [0, 0.1) is 27.4 Å². The van der Waals surface area contributed by atoms with Gasteiger partial charge in [-0.3, -0.25) is 4.79 Å². The van der Waals surface area contributed by atoms with Crippen LogP contribution in [0.1, 0.15) is 89.7 Å². The topological polar surface area (TPSA) is 116 Å². The van der Waals surface area contributed by atoms with E-state index in [2.05, 4.69) is 32.5 Å². The average molecular weight is 661 g/mol. The second kappa shape index (κ2) is 12.7. The predicted octanol–water partition coefficient (Wildman–Crippen LogP) is 2.16. The van der Waals surface area contributed by atoms with E-state index in [1.165, 1.54) is 0 Å². The number of halogens is 1. The van der Waals surface area contributed by atoms with Gasteiger partial charge in [0, 0.05) is 23.8 Å². The second-order valence-corrected chi connectivity index (χ2v) is 13.4. The van der Waals surface area contributed by atoms with Crippen molar-refractivity contribution in [2.75, 3.05) is 34.3 Å². The van der Waals surface area contributed by atoms with E-state index in [0.29, 0.717) is 28.6 Å². The van der Waals surface area contributed by atoms with Gasteiger partial charge in [-0.05, 0) is 53.7 Å². The van der Waals surface area contributed by atoms with Crippen LogP contribution in [-0.2, 0) is 19.8 Å². The molecule has 10 heteroatoms. The molecule has 3 aliphatic carbocycles. The average Bonchev–Trinajstić information content (AvgIpc) is 2.75. The largest absolute Gasteiger partial charge is 1.00 e. The molecular formula is C29H45IN2O7. The number of rotatable bonds is 13. The fraction of sp³-hybridized carbons (Fsp3) is 0.724. The molecule has 4 rings (SSSR count). The maximum Gasteiger partial charge on any atom is 0.367 e. The molecule has 0 unspecified atom stereocenters. The molecule has 39 heavy (non-hydrogen) atoms. The number of unbranched alkanes of at least 4 members (excludes halogenated alkanes) is 3. The van der Waals surface area contributed by atoms with E-state index in [-0.39, 0.29) is 83.2 Å². The number of hydrogen-bond donors (Lipinski definition) is 1. The Morgan fingerprint density at radius 2 is 1.82 bits per heavy atom. The van der Waals surface area contributed by atoms with Gasteiger partial charge in [-0.2, -0.15) is 0 Å². The van der Waals surface area contributed by atoms with Gasteiger partial charge in [0.15, 0.2) is 6.54 Å². The number of ether oxygens (including phenoxy) is 1. The number of esters is 1. The lowest BCUT2D eigenvalue weighted by molar-refractivity contribution is -0.862. The van der Waals surface area contributed by atoms with E-state index in [0.717, 1.165) is 37.7 Å². The molecule has 0 aliphatic heterocycles. The smallest absolute Gasteiger partial charge is 0.367 e. The molecule has 3 aliphatic rings. The number of fused-ring (bicyclic) bond motifs is 2. The van der Waals surface area contributed by atoms with Gasteiger partial charge in [0.25, 0.3) is 5.09 Å². The van der Waals surface area contributed by atoms with Crippen LogP contribution in [0.4, 0.5) is 0 Å². The number of nitrogens with zero attached hydrogens (tertiary/aromatic N) is 2. The fourth-order valence-corrected chi connectivity index (χ4v) is 6.30. The molecule has 3 atom stereocenters. The van der Waals surface area contributed by atoms with Crippen molar-refractivity contribution in [1.82, 2.24) is 0 Å². The Kier molecular flexibility index (Phi) is 10.8. The Bertz CT molecular complexity index is 1060. The summed E-state index contributed by atoms with van der Waals surface area (Å²) in [5, 5.41) is 20.9. The first-order valence-corrected chi connectivity index (χ1v) is 13.7. The molecule has 1 N–H and O–H groups in total. The highest BCUT2D eigenvalue weighted by Crippen LogP contribution is 2.64. The Labute approximate surface area is 249 Å². The highest BCUT2D eigenvalue weighted by molar-refractivity contribution is 5.86. The van der Waals surface area contributed by atoms with Gasteiger partial charge < -0.3 is 43.1 Å². The van der Waals surface area contributed by atoms with Crippen LogP contribution in [0.3, 0.4) is 0 Å². The zero-order valence-electron chi connectivity index (χ0n) is 24.4. The molecular weight excluding hydrogens is 615 g/mol. The molecule has 0 radical (unpaired) electrons. The van der Waals surface area contributed by atoms with E-state index in [4.69, 9.17) is 4.74 Å². The summed E-state index contributed by atoms with van der Waals surface area (Å²) in [5.41, 5.74) is 1.00. The minimum atomic E-state index is -0.766. The summed E-state index contributed by atoms with van der Waals surface area (Å²) in [6, 6.07) is 3.66. The quantitative estimate of drug-likeness (QED) is 0.0656. The zero-order chi connectivity index (χ0) is 28.5. The van der Waals surface area contributed by atoms with Crippen LogP contribution >= 0.6 is 0 Å². The van der Waals surface area contributed by atoms with E-state index >= 15 is 0 Å². The lowest BCUT2D eigenvalue weighted by Gasteiger charge is -2.59. The van der Waals surface area contributed by atoms with E-state index in [1.54, 1.807) is 6.07 Å². The van der Waals surface area contributed by atoms with Crippen LogP contribution in [0.5, 0.6) is 11.5 Å². The number of aromatic hydroxyl groups is 1. The third kappa shape index (κ3) is 8.05. The lowest BCUT2D eigenvalue weighted by atomic mass is 9.44. The summed E-state index contributed by atoms with van der Waals surface area (Å²) in [7, 11) is 5.75. The van der Waals surface area contributed by atoms with Gasteiger partial charge >= 0.3 is 5.97 Å².